The summed E-state index contributed by atoms with van der Waals surface area (Å²) in [5.74, 6) is 1.65. The van der Waals surface area contributed by atoms with Gasteiger partial charge in [-0.1, -0.05) is 11.2 Å². The maximum atomic E-state index is 5.19. The summed E-state index contributed by atoms with van der Waals surface area (Å²) in [5, 5.41) is 15.7. The quantitative estimate of drug-likeness (QED) is 0.542. The van der Waals surface area contributed by atoms with Crippen molar-refractivity contribution in [1.29, 1.82) is 0 Å². The van der Waals surface area contributed by atoms with Crippen molar-refractivity contribution in [3.63, 3.8) is 0 Å². The molecule has 4 aromatic rings. The lowest BCUT2D eigenvalue weighted by atomic mass is 9.80. The van der Waals surface area contributed by atoms with Crippen LogP contribution in [0.1, 0.15) is 25.0 Å². The van der Waals surface area contributed by atoms with Gasteiger partial charge in [-0.2, -0.15) is 5.10 Å². The summed E-state index contributed by atoms with van der Waals surface area (Å²) in [6.07, 6.45) is 7.22. The summed E-state index contributed by atoms with van der Waals surface area (Å²) < 4.78 is 7.03. The van der Waals surface area contributed by atoms with E-state index in [4.69, 9.17) is 14.6 Å². The molecule has 1 saturated heterocycles. The molecule has 2 fully saturated rings. The Bertz CT molecular complexity index is 1220. The Kier molecular flexibility index (Phi) is 3.89. The third-order valence-corrected chi connectivity index (χ3v) is 6.46. The van der Waals surface area contributed by atoms with Crippen molar-refractivity contribution < 1.29 is 4.52 Å². The highest BCUT2D eigenvalue weighted by Gasteiger charge is 2.43. The lowest BCUT2D eigenvalue weighted by Crippen LogP contribution is -2.52. The molecule has 0 radical (unpaired) electrons. The summed E-state index contributed by atoms with van der Waals surface area (Å²) in [6, 6.07) is 10.4. The standard InChI is InChI=1S/C22H23N7O/c1-14-16(10-25-30-14)17-5-6-21-24-11-19(29(21)28-17)18-3-2-4-20(27-18)26-15-7-8-22(9-15)12-23-13-22/h2-6,10-11,15,23H,7-9,12-13H2,1H3,(H,26,27). The number of aromatic nitrogens is 5. The van der Waals surface area contributed by atoms with E-state index in [1.165, 1.54) is 19.3 Å². The minimum Gasteiger partial charge on any atom is -0.367 e. The zero-order chi connectivity index (χ0) is 20.1. The van der Waals surface area contributed by atoms with E-state index in [2.05, 4.69) is 20.8 Å². The van der Waals surface area contributed by atoms with E-state index < -0.39 is 0 Å². The molecule has 5 heterocycles. The fourth-order valence-corrected chi connectivity index (χ4v) is 4.73. The molecule has 30 heavy (non-hydrogen) atoms. The third-order valence-electron chi connectivity index (χ3n) is 6.46. The van der Waals surface area contributed by atoms with Crippen LogP contribution < -0.4 is 10.6 Å². The van der Waals surface area contributed by atoms with Crippen LogP contribution in [0.5, 0.6) is 0 Å². The number of pyridine rings is 1. The zero-order valence-electron chi connectivity index (χ0n) is 16.8. The van der Waals surface area contributed by atoms with Crippen LogP contribution >= 0.6 is 0 Å². The van der Waals surface area contributed by atoms with Crippen molar-refractivity contribution in [3.8, 4) is 22.6 Å². The van der Waals surface area contributed by atoms with Crippen molar-refractivity contribution in [1.82, 2.24) is 30.1 Å². The highest BCUT2D eigenvalue weighted by molar-refractivity contribution is 5.65. The largest absolute Gasteiger partial charge is 0.367 e. The second-order valence-electron chi connectivity index (χ2n) is 8.52. The Morgan fingerprint density at radius 3 is 2.87 bits per heavy atom. The van der Waals surface area contributed by atoms with Crippen molar-refractivity contribution in [2.45, 2.75) is 32.2 Å². The van der Waals surface area contributed by atoms with Gasteiger partial charge in [0.1, 0.15) is 17.3 Å². The SMILES string of the molecule is Cc1oncc1-c1ccc2ncc(-c3cccc(NC4CCC5(CNC5)C4)n3)n2n1. The summed E-state index contributed by atoms with van der Waals surface area (Å²) in [5.41, 5.74) is 4.66. The molecule has 8 nitrogen and oxygen atoms in total. The number of nitrogens with zero attached hydrogens (tertiary/aromatic N) is 5. The molecule has 152 valence electrons. The fourth-order valence-electron chi connectivity index (χ4n) is 4.73. The number of nitrogens with one attached hydrogen (secondary N) is 2. The highest BCUT2D eigenvalue weighted by Crippen LogP contribution is 2.42. The van der Waals surface area contributed by atoms with Crippen molar-refractivity contribution >= 4 is 11.5 Å². The Labute approximate surface area is 173 Å². The van der Waals surface area contributed by atoms with Gasteiger partial charge in [-0.25, -0.2) is 14.5 Å². The number of anilines is 1. The molecule has 1 atom stereocenters. The Hall–Kier alpha value is -3.26. The maximum absolute atomic E-state index is 5.19. The van der Waals surface area contributed by atoms with Gasteiger partial charge in [-0.3, -0.25) is 0 Å². The van der Waals surface area contributed by atoms with Gasteiger partial charge in [0.05, 0.1) is 29.3 Å². The molecule has 1 spiro atoms. The molecule has 1 saturated carbocycles. The summed E-state index contributed by atoms with van der Waals surface area (Å²) in [6.45, 7) is 4.19. The number of fused-ring (bicyclic) bond motifs is 1. The minimum atomic E-state index is 0.485. The number of hydrogen-bond acceptors (Lipinski definition) is 7. The van der Waals surface area contributed by atoms with E-state index >= 15 is 0 Å². The maximum Gasteiger partial charge on any atom is 0.154 e. The van der Waals surface area contributed by atoms with Crippen LogP contribution in [0.4, 0.5) is 5.82 Å². The molecule has 1 aliphatic heterocycles. The number of aryl methyl sites for hydroxylation is 1. The molecule has 2 aliphatic rings. The lowest BCUT2D eigenvalue weighted by molar-refractivity contribution is 0.176. The Morgan fingerprint density at radius 2 is 2.10 bits per heavy atom. The van der Waals surface area contributed by atoms with E-state index in [9.17, 15) is 0 Å². The zero-order valence-corrected chi connectivity index (χ0v) is 16.8. The average Bonchev–Trinajstić information content (AvgIpc) is 3.45. The first-order valence-corrected chi connectivity index (χ1v) is 10.4. The second kappa shape index (κ2) is 6.63. The van der Waals surface area contributed by atoms with E-state index in [-0.39, 0.29) is 0 Å². The topological polar surface area (TPSA) is 93.2 Å². The molecule has 4 aromatic heterocycles. The molecule has 0 aromatic carbocycles. The van der Waals surface area contributed by atoms with Gasteiger partial charge in [-0.15, -0.1) is 0 Å². The van der Waals surface area contributed by atoms with E-state index in [0.717, 1.165) is 53.0 Å². The normalized spacial score (nSPS) is 20.0. The molecule has 0 bridgehead atoms. The van der Waals surface area contributed by atoms with Gasteiger partial charge in [0.25, 0.3) is 0 Å². The van der Waals surface area contributed by atoms with Gasteiger partial charge < -0.3 is 15.2 Å². The molecule has 6 rings (SSSR count). The first-order chi connectivity index (χ1) is 14.7. The van der Waals surface area contributed by atoms with Crippen LogP contribution in [0.15, 0.2) is 47.2 Å². The summed E-state index contributed by atoms with van der Waals surface area (Å²) >= 11 is 0. The van der Waals surface area contributed by atoms with Crippen LogP contribution in [-0.4, -0.2) is 43.9 Å². The smallest absolute Gasteiger partial charge is 0.154 e. The number of rotatable bonds is 4. The van der Waals surface area contributed by atoms with Crippen LogP contribution in [0.2, 0.25) is 0 Å². The van der Waals surface area contributed by atoms with Crippen LogP contribution in [0, 0.1) is 12.3 Å². The Morgan fingerprint density at radius 1 is 1.17 bits per heavy atom. The molecular formula is C22H23N7O. The van der Waals surface area contributed by atoms with Crippen molar-refractivity contribution in [2.24, 2.45) is 5.41 Å². The molecule has 2 N–H and O–H groups in total. The Balaban J connectivity index is 1.31. The van der Waals surface area contributed by atoms with Crippen molar-refractivity contribution in [2.75, 3.05) is 18.4 Å². The van der Waals surface area contributed by atoms with Crippen LogP contribution in [-0.2, 0) is 0 Å². The average molecular weight is 401 g/mol. The molecule has 0 amide bonds. The predicted molar refractivity (Wildman–Crippen MR) is 113 cm³/mol. The van der Waals surface area contributed by atoms with E-state index in [0.29, 0.717) is 11.5 Å². The number of imidazole rings is 1. The summed E-state index contributed by atoms with van der Waals surface area (Å²) in [4.78, 5) is 9.38. The van der Waals surface area contributed by atoms with Crippen molar-refractivity contribution in [3.05, 3.63) is 48.5 Å². The second-order valence-corrected chi connectivity index (χ2v) is 8.52. The van der Waals surface area contributed by atoms with Gasteiger partial charge in [0.2, 0.25) is 0 Å². The molecular weight excluding hydrogens is 378 g/mol. The van der Waals surface area contributed by atoms with Gasteiger partial charge in [-0.05, 0) is 55.9 Å². The first-order valence-electron chi connectivity index (χ1n) is 10.4. The van der Waals surface area contributed by atoms with E-state index in [1.54, 1.807) is 6.20 Å². The number of hydrogen-bond donors (Lipinski definition) is 2. The highest BCUT2D eigenvalue weighted by atomic mass is 16.5. The van der Waals surface area contributed by atoms with Gasteiger partial charge in [0.15, 0.2) is 5.65 Å². The lowest BCUT2D eigenvalue weighted by Gasteiger charge is -2.39. The minimum absolute atomic E-state index is 0.485. The predicted octanol–water partition coefficient (Wildman–Crippen LogP) is 3.31. The first kappa shape index (κ1) is 17.6. The van der Waals surface area contributed by atoms with Gasteiger partial charge >= 0.3 is 0 Å². The molecule has 8 heteroatoms. The molecule has 1 unspecified atom stereocenters. The summed E-state index contributed by atoms with van der Waals surface area (Å²) in [7, 11) is 0. The third kappa shape index (κ3) is 2.87. The fraction of sp³-hybridized carbons (Fsp3) is 0.364. The van der Waals surface area contributed by atoms with Gasteiger partial charge in [0, 0.05) is 19.1 Å². The monoisotopic (exact) mass is 401 g/mol. The van der Waals surface area contributed by atoms with Crippen LogP contribution in [0.3, 0.4) is 0 Å². The van der Waals surface area contributed by atoms with Crippen LogP contribution in [0.25, 0.3) is 28.3 Å². The van der Waals surface area contributed by atoms with E-state index in [1.807, 2.05) is 48.0 Å². The molecule has 1 aliphatic carbocycles.